The fourth-order valence-electron chi connectivity index (χ4n) is 2.20. The topological polar surface area (TPSA) is 12.0 Å². The van der Waals surface area contributed by atoms with E-state index < -0.39 is 0 Å². The minimum Gasteiger partial charge on any atom is -0.314 e. The molecule has 0 amide bonds. The van der Waals surface area contributed by atoms with E-state index in [4.69, 9.17) is 0 Å². The minimum atomic E-state index is -0.365. The summed E-state index contributed by atoms with van der Waals surface area (Å²) in [6.45, 7) is 7.28. The van der Waals surface area contributed by atoms with Crippen LogP contribution in [0.3, 0.4) is 0 Å². The van der Waals surface area contributed by atoms with E-state index in [1.165, 1.54) is 18.2 Å². The van der Waals surface area contributed by atoms with Crippen molar-refractivity contribution in [2.45, 2.75) is 46.1 Å². The first kappa shape index (κ1) is 15.1. The summed E-state index contributed by atoms with van der Waals surface area (Å²) in [5, 5.41) is 3.42. The maximum Gasteiger partial charge on any atom is 0.126 e. The third-order valence-electron chi connectivity index (χ3n) is 3.44. The van der Waals surface area contributed by atoms with E-state index in [1.807, 2.05) is 0 Å². The number of nitrogens with one attached hydrogen (secondary N) is 1. The van der Waals surface area contributed by atoms with Gasteiger partial charge in [-0.15, -0.1) is 0 Å². The summed E-state index contributed by atoms with van der Waals surface area (Å²) >= 11 is 0. The largest absolute Gasteiger partial charge is 0.314 e. The van der Waals surface area contributed by atoms with Gasteiger partial charge in [0.25, 0.3) is 0 Å². The monoisotopic (exact) mass is 255 g/mol. The van der Waals surface area contributed by atoms with E-state index in [9.17, 15) is 8.78 Å². The van der Waals surface area contributed by atoms with Gasteiger partial charge in [0.15, 0.2) is 0 Å². The van der Waals surface area contributed by atoms with E-state index >= 15 is 0 Å². The second-order valence-electron chi connectivity index (χ2n) is 4.85. The fourth-order valence-corrected chi connectivity index (χ4v) is 2.20. The van der Waals surface area contributed by atoms with Crippen LogP contribution in [0.5, 0.6) is 0 Å². The summed E-state index contributed by atoms with van der Waals surface area (Å²) in [6, 6.07) is 4.00. The van der Waals surface area contributed by atoms with Crippen LogP contribution in [0.2, 0.25) is 0 Å². The lowest BCUT2D eigenvalue weighted by Crippen LogP contribution is -2.35. The van der Waals surface area contributed by atoms with Gasteiger partial charge >= 0.3 is 0 Å². The van der Waals surface area contributed by atoms with Gasteiger partial charge in [-0.1, -0.05) is 20.3 Å². The number of hydrogen-bond donors (Lipinski definition) is 1. The van der Waals surface area contributed by atoms with Crippen molar-refractivity contribution in [2.75, 3.05) is 6.54 Å². The molecule has 0 bridgehead atoms. The first-order chi connectivity index (χ1) is 8.58. The summed E-state index contributed by atoms with van der Waals surface area (Å²) in [6.07, 6.45) is 2.61. The molecule has 0 aliphatic carbocycles. The van der Waals surface area contributed by atoms with Crippen LogP contribution in [0.15, 0.2) is 18.2 Å². The summed E-state index contributed by atoms with van der Waals surface area (Å²) < 4.78 is 26.7. The molecule has 0 saturated carbocycles. The molecule has 0 radical (unpaired) electrons. The summed E-state index contributed by atoms with van der Waals surface area (Å²) in [7, 11) is 0. The van der Waals surface area contributed by atoms with Gasteiger partial charge in [0, 0.05) is 6.04 Å². The zero-order valence-electron chi connectivity index (χ0n) is 11.5. The Labute approximate surface area is 109 Å². The third-order valence-corrected chi connectivity index (χ3v) is 3.44. The van der Waals surface area contributed by atoms with Gasteiger partial charge in [0.05, 0.1) is 0 Å². The highest BCUT2D eigenvalue weighted by molar-refractivity contribution is 5.19. The average Bonchev–Trinajstić information content (AvgIpc) is 2.36. The second kappa shape index (κ2) is 7.47. The molecule has 102 valence electrons. The molecule has 1 aromatic carbocycles. The molecule has 0 aliphatic rings. The van der Waals surface area contributed by atoms with Gasteiger partial charge in [-0.2, -0.15) is 0 Å². The minimum absolute atomic E-state index is 0.308. The third kappa shape index (κ3) is 4.37. The van der Waals surface area contributed by atoms with E-state index in [1.54, 1.807) is 0 Å². The maximum atomic E-state index is 13.6. The normalized spacial score (nSPS) is 14.5. The van der Waals surface area contributed by atoms with Gasteiger partial charge in [-0.05, 0) is 56.0 Å². The molecule has 2 atom stereocenters. The summed E-state index contributed by atoms with van der Waals surface area (Å²) in [5.74, 6) is -0.346. The molecule has 0 heterocycles. The quantitative estimate of drug-likeness (QED) is 0.778. The number of rotatable bonds is 7. The zero-order chi connectivity index (χ0) is 13.5. The van der Waals surface area contributed by atoms with Gasteiger partial charge < -0.3 is 5.32 Å². The van der Waals surface area contributed by atoms with Crippen LogP contribution in [-0.2, 0) is 6.42 Å². The summed E-state index contributed by atoms with van der Waals surface area (Å²) in [5.41, 5.74) is 0.479. The van der Waals surface area contributed by atoms with Crippen LogP contribution in [-0.4, -0.2) is 12.6 Å². The van der Waals surface area contributed by atoms with Crippen LogP contribution in [0, 0.1) is 17.6 Å². The Morgan fingerprint density at radius 2 is 1.94 bits per heavy atom. The van der Waals surface area contributed by atoms with Crippen LogP contribution < -0.4 is 5.32 Å². The standard InChI is InChI=1S/C15H23F2N/c1-4-8-18-11(3)12(5-2)9-13-10-14(16)6-7-15(13)17/h6-7,10-12,18H,4-5,8-9H2,1-3H3. The van der Waals surface area contributed by atoms with Crippen LogP contribution in [0.25, 0.3) is 0 Å². The number of benzene rings is 1. The van der Waals surface area contributed by atoms with E-state index in [0.717, 1.165) is 19.4 Å². The molecule has 0 aliphatic heterocycles. The van der Waals surface area contributed by atoms with Gasteiger partial charge in [-0.3, -0.25) is 0 Å². The molecule has 1 rings (SSSR count). The Balaban J connectivity index is 2.69. The molecule has 0 aromatic heterocycles. The van der Waals surface area contributed by atoms with Crippen molar-refractivity contribution in [2.24, 2.45) is 5.92 Å². The van der Waals surface area contributed by atoms with Crippen molar-refractivity contribution >= 4 is 0 Å². The molecule has 2 unspecified atom stereocenters. The molecule has 1 nitrogen and oxygen atoms in total. The Morgan fingerprint density at radius 3 is 2.56 bits per heavy atom. The van der Waals surface area contributed by atoms with Crippen molar-refractivity contribution in [3.63, 3.8) is 0 Å². The average molecular weight is 255 g/mol. The molecular formula is C15H23F2N. The molecule has 1 N–H and O–H groups in total. The second-order valence-corrected chi connectivity index (χ2v) is 4.85. The highest BCUT2D eigenvalue weighted by atomic mass is 19.1. The lowest BCUT2D eigenvalue weighted by atomic mass is 9.90. The van der Waals surface area contributed by atoms with Gasteiger partial charge in [-0.25, -0.2) is 8.78 Å². The first-order valence-corrected chi connectivity index (χ1v) is 6.75. The lowest BCUT2D eigenvalue weighted by Gasteiger charge is -2.24. The van der Waals surface area contributed by atoms with Crippen LogP contribution in [0.4, 0.5) is 8.78 Å². The van der Waals surface area contributed by atoms with Crippen molar-refractivity contribution < 1.29 is 8.78 Å². The molecule has 3 heteroatoms. The van der Waals surface area contributed by atoms with Gasteiger partial charge in [0.1, 0.15) is 11.6 Å². The number of halogens is 2. The Hall–Kier alpha value is -0.960. The lowest BCUT2D eigenvalue weighted by molar-refractivity contribution is 0.358. The Morgan fingerprint density at radius 1 is 1.22 bits per heavy atom. The molecule has 0 spiro atoms. The SMILES string of the molecule is CCCNC(C)C(CC)Cc1cc(F)ccc1F. The van der Waals surface area contributed by atoms with Crippen molar-refractivity contribution in [3.8, 4) is 0 Å². The predicted molar refractivity (Wildman–Crippen MR) is 71.6 cm³/mol. The van der Waals surface area contributed by atoms with Crippen molar-refractivity contribution in [1.82, 2.24) is 5.32 Å². The van der Waals surface area contributed by atoms with Crippen LogP contribution >= 0.6 is 0 Å². The molecule has 1 aromatic rings. The maximum absolute atomic E-state index is 13.6. The molecule has 0 saturated heterocycles. The zero-order valence-corrected chi connectivity index (χ0v) is 11.5. The first-order valence-electron chi connectivity index (χ1n) is 6.75. The van der Waals surface area contributed by atoms with Crippen molar-refractivity contribution in [3.05, 3.63) is 35.4 Å². The smallest absolute Gasteiger partial charge is 0.126 e. The fraction of sp³-hybridized carbons (Fsp3) is 0.600. The van der Waals surface area contributed by atoms with Crippen molar-refractivity contribution in [1.29, 1.82) is 0 Å². The van der Waals surface area contributed by atoms with E-state index in [-0.39, 0.29) is 11.6 Å². The van der Waals surface area contributed by atoms with E-state index in [2.05, 4.69) is 26.1 Å². The number of hydrogen-bond acceptors (Lipinski definition) is 1. The highest BCUT2D eigenvalue weighted by Gasteiger charge is 2.17. The molecule has 18 heavy (non-hydrogen) atoms. The van der Waals surface area contributed by atoms with Gasteiger partial charge in [0.2, 0.25) is 0 Å². The summed E-state index contributed by atoms with van der Waals surface area (Å²) in [4.78, 5) is 0. The Bertz CT molecular complexity index is 366. The predicted octanol–water partition coefficient (Wildman–Crippen LogP) is 3.92. The van der Waals surface area contributed by atoms with Crippen LogP contribution in [0.1, 0.15) is 39.2 Å². The molecular weight excluding hydrogens is 232 g/mol. The highest BCUT2D eigenvalue weighted by Crippen LogP contribution is 2.19. The molecule has 0 fully saturated rings. The van der Waals surface area contributed by atoms with E-state index in [0.29, 0.717) is 23.9 Å². The Kier molecular flexibility index (Phi) is 6.27.